The summed E-state index contributed by atoms with van der Waals surface area (Å²) >= 11 is 1.38. The summed E-state index contributed by atoms with van der Waals surface area (Å²) in [6.45, 7) is 3.94. The second kappa shape index (κ2) is 10.5. The van der Waals surface area contributed by atoms with E-state index in [1.54, 1.807) is 37.4 Å². The van der Waals surface area contributed by atoms with Crippen LogP contribution in [-0.2, 0) is 6.18 Å². The fraction of sp³-hybridized carbons (Fsp3) is 0.259. The third kappa shape index (κ3) is 5.95. The molecule has 5 rings (SSSR count). The van der Waals surface area contributed by atoms with Gasteiger partial charge in [0.2, 0.25) is 0 Å². The van der Waals surface area contributed by atoms with Gasteiger partial charge in [-0.15, -0.1) is 11.3 Å². The molecule has 1 aliphatic carbocycles. The van der Waals surface area contributed by atoms with Crippen LogP contribution in [0.2, 0.25) is 0 Å². The molecule has 2 heterocycles. The van der Waals surface area contributed by atoms with Crippen molar-refractivity contribution in [3.05, 3.63) is 70.4 Å². The number of alkyl halides is 3. The number of anilines is 4. The second-order valence-corrected chi connectivity index (χ2v) is 10.1. The maximum atomic E-state index is 13.4. The number of hydrogen-bond acceptors (Lipinski definition) is 7. The van der Waals surface area contributed by atoms with Crippen LogP contribution in [0.5, 0.6) is 0 Å². The maximum absolute atomic E-state index is 13.4. The van der Waals surface area contributed by atoms with Gasteiger partial charge in [0.1, 0.15) is 12.1 Å². The van der Waals surface area contributed by atoms with Crippen molar-refractivity contribution in [3.63, 3.8) is 0 Å². The van der Waals surface area contributed by atoms with E-state index in [0.29, 0.717) is 40.9 Å². The molecule has 0 radical (unpaired) electrons. The van der Waals surface area contributed by atoms with Gasteiger partial charge in [-0.1, -0.05) is 6.07 Å². The van der Waals surface area contributed by atoms with Crippen molar-refractivity contribution in [2.45, 2.75) is 38.9 Å². The number of nitrogens with zero attached hydrogens (tertiary/aromatic N) is 2. The fourth-order valence-electron chi connectivity index (χ4n) is 3.99. The molecule has 2 aromatic carbocycles. The molecular weight excluding hydrogens is 529 g/mol. The summed E-state index contributed by atoms with van der Waals surface area (Å²) in [5.41, 5.74) is 1.55. The first-order chi connectivity index (χ1) is 18.6. The van der Waals surface area contributed by atoms with Crippen LogP contribution in [0.4, 0.5) is 36.1 Å². The molecule has 0 spiro atoms. The Morgan fingerprint density at radius 3 is 2.54 bits per heavy atom. The summed E-state index contributed by atoms with van der Waals surface area (Å²) < 4.78 is 40.9. The first-order valence-electron chi connectivity index (χ1n) is 12.3. The molecule has 1 fully saturated rings. The van der Waals surface area contributed by atoms with E-state index in [2.05, 4.69) is 31.2 Å². The van der Waals surface area contributed by atoms with Crippen LogP contribution in [0.15, 0.2) is 48.1 Å². The average molecular weight is 555 g/mol. The van der Waals surface area contributed by atoms with Crippen molar-refractivity contribution in [1.82, 2.24) is 9.97 Å². The van der Waals surface area contributed by atoms with Gasteiger partial charge in [0, 0.05) is 40.6 Å². The molecule has 0 bridgehead atoms. The SMILES string of the molecule is CCNc1cc(C(=O)Nc2ccc(C)c(NC(=O)c3csc4c(NC5CC5)ncnc34)c2)cc(C(F)(F)F)c1. The van der Waals surface area contributed by atoms with Crippen molar-refractivity contribution in [3.8, 4) is 0 Å². The maximum Gasteiger partial charge on any atom is 0.416 e. The van der Waals surface area contributed by atoms with E-state index in [9.17, 15) is 22.8 Å². The molecule has 4 aromatic rings. The molecule has 4 N–H and O–H groups in total. The van der Waals surface area contributed by atoms with E-state index in [4.69, 9.17) is 0 Å². The minimum Gasteiger partial charge on any atom is -0.385 e. The Labute approximate surface area is 226 Å². The normalized spacial score (nSPS) is 13.3. The van der Waals surface area contributed by atoms with Crippen molar-refractivity contribution >= 4 is 56.2 Å². The summed E-state index contributed by atoms with van der Waals surface area (Å²) in [5.74, 6) is -0.381. The first kappa shape index (κ1) is 26.4. The third-order valence-electron chi connectivity index (χ3n) is 6.16. The molecule has 8 nitrogen and oxygen atoms in total. The molecule has 12 heteroatoms. The Morgan fingerprint density at radius 1 is 1.03 bits per heavy atom. The molecule has 39 heavy (non-hydrogen) atoms. The highest BCUT2D eigenvalue weighted by molar-refractivity contribution is 7.18. The van der Waals surface area contributed by atoms with Crippen LogP contribution in [0.3, 0.4) is 0 Å². The van der Waals surface area contributed by atoms with E-state index in [-0.39, 0.29) is 17.2 Å². The van der Waals surface area contributed by atoms with Gasteiger partial charge < -0.3 is 21.3 Å². The molecule has 0 unspecified atom stereocenters. The van der Waals surface area contributed by atoms with E-state index < -0.39 is 17.6 Å². The quantitative estimate of drug-likeness (QED) is 0.197. The Hall–Kier alpha value is -4.19. The smallest absolute Gasteiger partial charge is 0.385 e. The zero-order chi connectivity index (χ0) is 27.7. The molecule has 1 aliphatic rings. The lowest BCUT2D eigenvalue weighted by molar-refractivity contribution is -0.137. The summed E-state index contributed by atoms with van der Waals surface area (Å²) in [6.07, 6.45) is -1.01. The van der Waals surface area contributed by atoms with Gasteiger partial charge in [-0.05, 0) is 62.6 Å². The highest BCUT2D eigenvalue weighted by Crippen LogP contribution is 2.34. The molecule has 0 atom stereocenters. The average Bonchev–Trinajstić information content (AvgIpc) is 3.60. The van der Waals surface area contributed by atoms with E-state index in [1.165, 1.54) is 23.7 Å². The van der Waals surface area contributed by atoms with Crippen molar-refractivity contribution in [1.29, 1.82) is 0 Å². The Morgan fingerprint density at radius 2 is 1.82 bits per heavy atom. The van der Waals surface area contributed by atoms with E-state index in [1.807, 2.05) is 0 Å². The zero-order valence-corrected chi connectivity index (χ0v) is 21.9. The fourth-order valence-corrected chi connectivity index (χ4v) is 4.94. The largest absolute Gasteiger partial charge is 0.416 e. The topological polar surface area (TPSA) is 108 Å². The Bertz CT molecular complexity index is 1570. The predicted molar refractivity (Wildman–Crippen MR) is 147 cm³/mol. The lowest BCUT2D eigenvalue weighted by Crippen LogP contribution is -2.16. The van der Waals surface area contributed by atoms with Crippen LogP contribution < -0.4 is 21.3 Å². The minimum atomic E-state index is -4.60. The molecule has 202 valence electrons. The van der Waals surface area contributed by atoms with Gasteiger partial charge in [-0.3, -0.25) is 9.59 Å². The number of benzene rings is 2. The predicted octanol–water partition coefficient (Wildman–Crippen LogP) is 6.53. The number of hydrogen-bond donors (Lipinski definition) is 4. The third-order valence-corrected chi connectivity index (χ3v) is 7.14. The second-order valence-electron chi connectivity index (χ2n) is 9.23. The molecule has 2 amide bonds. The van der Waals surface area contributed by atoms with Crippen LogP contribution in [0.25, 0.3) is 10.2 Å². The highest BCUT2D eigenvalue weighted by Gasteiger charge is 2.32. The number of rotatable bonds is 8. The summed E-state index contributed by atoms with van der Waals surface area (Å²) in [7, 11) is 0. The number of nitrogens with one attached hydrogen (secondary N) is 4. The minimum absolute atomic E-state index is 0.146. The number of carbonyl (C=O) groups excluding carboxylic acids is 2. The standard InChI is InChI=1S/C27H25F3N6O2S/c1-3-31-19-9-15(8-16(10-19)27(28,29)30)25(37)35-18-5-4-14(2)21(11-18)36-26(38)20-12-39-23-22(20)32-13-33-24(23)34-17-6-7-17/h4-5,8-13,17,31H,3,6-7H2,1-2H3,(H,35,37)(H,36,38)(H,32,33,34). The summed E-state index contributed by atoms with van der Waals surface area (Å²) in [5, 5.41) is 13.4. The molecule has 2 aromatic heterocycles. The van der Waals surface area contributed by atoms with Crippen LogP contribution in [0.1, 0.15) is 51.6 Å². The number of thiophene rings is 1. The van der Waals surface area contributed by atoms with Gasteiger partial charge in [0.05, 0.1) is 21.3 Å². The van der Waals surface area contributed by atoms with Crippen LogP contribution >= 0.6 is 11.3 Å². The lowest BCUT2D eigenvalue weighted by Gasteiger charge is -2.14. The first-order valence-corrected chi connectivity index (χ1v) is 13.2. The molecule has 0 saturated heterocycles. The number of halogens is 3. The summed E-state index contributed by atoms with van der Waals surface area (Å²) in [6, 6.07) is 8.41. The number of amides is 2. The van der Waals surface area contributed by atoms with E-state index >= 15 is 0 Å². The highest BCUT2D eigenvalue weighted by atomic mass is 32.1. The Kier molecular flexibility index (Phi) is 7.13. The van der Waals surface area contributed by atoms with Gasteiger partial charge >= 0.3 is 6.18 Å². The number of carbonyl (C=O) groups is 2. The number of aryl methyl sites for hydroxylation is 1. The van der Waals surface area contributed by atoms with Crippen LogP contribution in [-0.4, -0.2) is 34.4 Å². The Balaban J connectivity index is 1.36. The van der Waals surface area contributed by atoms with Gasteiger partial charge in [-0.2, -0.15) is 13.2 Å². The van der Waals surface area contributed by atoms with Crippen LogP contribution in [0, 0.1) is 6.92 Å². The van der Waals surface area contributed by atoms with Crippen molar-refractivity contribution < 1.29 is 22.8 Å². The van der Waals surface area contributed by atoms with Gasteiger partial charge in [-0.25, -0.2) is 9.97 Å². The molecule has 1 saturated carbocycles. The monoisotopic (exact) mass is 554 g/mol. The van der Waals surface area contributed by atoms with Crippen molar-refractivity contribution in [2.75, 3.05) is 27.8 Å². The lowest BCUT2D eigenvalue weighted by atomic mass is 10.1. The molecule has 0 aliphatic heterocycles. The molecular formula is C27H25F3N6O2S. The van der Waals surface area contributed by atoms with Gasteiger partial charge in [0.25, 0.3) is 11.8 Å². The van der Waals surface area contributed by atoms with Crippen molar-refractivity contribution in [2.24, 2.45) is 0 Å². The number of aromatic nitrogens is 2. The zero-order valence-electron chi connectivity index (χ0n) is 21.1. The number of fused-ring (bicyclic) bond motifs is 1. The van der Waals surface area contributed by atoms with Gasteiger partial charge in [0.15, 0.2) is 0 Å². The summed E-state index contributed by atoms with van der Waals surface area (Å²) in [4.78, 5) is 34.7. The van der Waals surface area contributed by atoms with E-state index in [0.717, 1.165) is 35.2 Å².